The van der Waals surface area contributed by atoms with Crippen LogP contribution in [-0.2, 0) is 13.0 Å². The summed E-state index contributed by atoms with van der Waals surface area (Å²) in [6, 6.07) is 0. The van der Waals surface area contributed by atoms with Gasteiger partial charge in [0.15, 0.2) is 0 Å². The molecule has 1 rings (SSSR count). The van der Waals surface area contributed by atoms with Gasteiger partial charge in [0.25, 0.3) is 0 Å². The van der Waals surface area contributed by atoms with E-state index in [0.29, 0.717) is 6.54 Å². The predicted octanol–water partition coefficient (Wildman–Crippen LogP) is 2.67. The van der Waals surface area contributed by atoms with Gasteiger partial charge in [0, 0.05) is 26.3 Å². The first-order chi connectivity index (χ1) is 8.93. The monoisotopic (exact) mass is 266 g/mol. The molecule has 1 heterocycles. The molecule has 0 bridgehead atoms. The van der Waals surface area contributed by atoms with E-state index in [9.17, 15) is 0 Å². The van der Waals surface area contributed by atoms with Crippen molar-refractivity contribution in [3.8, 4) is 0 Å². The second-order valence-corrected chi connectivity index (χ2v) is 6.16. The highest BCUT2D eigenvalue weighted by Gasteiger charge is 2.21. The van der Waals surface area contributed by atoms with Gasteiger partial charge in [-0.2, -0.15) is 0 Å². The van der Waals surface area contributed by atoms with Crippen LogP contribution in [0.2, 0.25) is 0 Å². The Labute approximate surface area is 118 Å². The Morgan fingerprint density at radius 1 is 1.37 bits per heavy atom. The summed E-state index contributed by atoms with van der Waals surface area (Å²) >= 11 is 0. The van der Waals surface area contributed by atoms with Crippen molar-refractivity contribution in [2.45, 2.75) is 53.5 Å². The highest BCUT2D eigenvalue weighted by molar-refractivity contribution is 5.33. The summed E-state index contributed by atoms with van der Waals surface area (Å²) < 4.78 is 2.29. The molecule has 0 saturated carbocycles. The third-order valence-electron chi connectivity index (χ3n) is 3.48. The van der Waals surface area contributed by atoms with Crippen molar-refractivity contribution in [3.05, 3.63) is 11.9 Å². The fourth-order valence-electron chi connectivity index (χ4n) is 2.20. The maximum atomic E-state index is 5.83. The molecule has 0 radical (unpaired) electrons. The lowest BCUT2D eigenvalue weighted by molar-refractivity contribution is 0.381. The molecule has 0 saturated heterocycles. The van der Waals surface area contributed by atoms with E-state index in [1.165, 1.54) is 18.5 Å². The van der Waals surface area contributed by atoms with Gasteiger partial charge >= 0.3 is 0 Å². The first kappa shape index (κ1) is 16.0. The average molecular weight is 266 g/mol. The first-order valence-electron chi connectivity index (χ1n) is 7.40. The van der Waals surface area contributed by atoms with E-state index in [1.807, 2.05) is 0 Å². The van der Waals surface area contributed by atoms with Crippen LogP contribution < -0.4 is 10.6 Å². The summed E-state index contributed by atoms with van der Waals surface area (Å²) in [5.41, 5.74) is 7.11. The first-order valence-corrected chi connectivity index (χ1v) is 7.40. The molecule has 1 aromatic heterocycles. The molecule has 19 heavy (non-hydrogen) atoms. The molecule has 0 spiro atoms. The molecular weight excluding hydrogens is 236 g/mol. The Morgan fingerprint density at radius 3 is 2.58 bits per heavy atom. The van der Waals surface area contributed by atoms with Crippen LogP contribution in [0.5, 0.6) is 0 Å². The van der Waals surface area contributed by atoms with Crippen LogP contribution in [0.25, 0.3) is 0 Å². The van der Waals surface area contributed by atoms with Gasteiger partial charge < -0.3 is 15.2 Å². The second kappa shape index (κ2) is 6.94. The van der Waals surface area contributed by atoms with Gasteiger partial charge in [-0.05, 0) is 24.8 Å². The summed E-state index contributed by atoms with van der Waals surface area (Å²) in [7, 11) is 2.11. The lowest BCUT2D eigenvalue weighted by Crippen LogP contribution is -2.37. The third-order valence-corrected chi connectivity index (χ3v) is 3.48. The molecule has 0 amide bonds. The second-order valence-electron chi connectivity index (χ2n) is 6.16. The summed E-state index contributed by atoms with van der Waals surface area (Å²) in [4.78, 5) is 6.99. The van der Waals surface area contributed by atoms with E-state index in [0.717, 1.165) is 25.5 Å². The molecule has 4 heteroatoms. The molecule has 2 N–H and O–H groups in total. The number of aryl methyl sites for hydroxylation is 2. The average Bonchev–Trinajstić information content (AvgIpc) is 2.79. The maximum Gasteiger partial charge on any atom is 0.205 e. The Bertz CT molecular complexity index is 381. The molecule has 0 atom stereocenters. The quantitative estimate of drug-likeness (QED) is 0.787. The Hall–Kier alpha value is -1.03. The minimum absolute atomic E-state index is 0.114. The largest absolute Gasteiger partial charge is 0.345 e. The molecule has 0 aliphatic heterocycles. The number of unbranched alkanes of at least 4 members (excludes halogenated alkanes) is 1. The van der Waals surface area contributed by atoms with Crippen LogP contribution >= 0.6 is 0 Å². The van der Waals surface area contributed by atoms with Crippen molar-refractivity contribution in [1.82, 2.24) is 9.55 Å². The highest BCUT2D eigenvalue weighted by Crippen LogP contribution is 2.20. The molecule has 1 aromatic rings. The fraction of sp³-hybridized carbons (Fsp3) is 0.800. The Kier molecular flexibility index (Phi) is 5.85. The summed E-state index contributed by atoms with van der Waals surface area (Å²) in [5, 5.41) is 0. The number of nitrogens with two attached hydrogens (primary N) is 1. The van der Waals surface area contributed by atoms with E-state index in [-0.39, 0.29) is 5.41 Å². The minimum atomic E-state index is 0.114. The lowest BCUT2D eigenvalue weighted by atomic mass is 9.93. The third kappa shape index (κ3) is 4.53. The smallest absolute Gasteiger partial charge is 0.205 e. The van der Waals surface area contributed by atoms with Crippen molar-refractivity contribution in [1.29, 1.82) is 0 Å². The number of hydrogen-bond acceptors (Lipinski definition) is 3. The summed E-state index contributed by atoms with van der Waals surface area (Å²) in [6.45, 7) is 11.4. The topological polar surface area (TPSA) is 47.1 Å². The van der Waals surface area contributed by atoms with Gasteiger partial charge in [-0.1, -0.05) is 34.1 Å². The molecule has 110 valence electrons. The highest BCUT2D eigenvalue weighted by atomic mass is 15.3. The van der Waals surface area contributed by atoms with Crippen molar-refractivity contribution in [3.63, 3.8) is 0 Å². The predicted molar refractivity (Wildman–Crippen MR) is 82.6 cm³/mol. The Morgan fingerprint density at radius 2 is 2.05 bits per heavy atom. The van der Waals surface area contributed by atoms with E-state index < -0.39 is 0 Å². The van der Waals surface area contributed by atoms with Crippen LogP contribution in [0.4, 0.5) is 5.95 Å². The molecule has 0 unspecified atom stereocenters. The van der Waals surface area contributed by atoms with Gasteiger partial charge in [-0.15, -0.1) is 0 Å². The molecule has 4 nitrogen and oxygen atoms in total. The molecule has 0 aliphatic rings. The zero-order valence-corrected chi connectivity index (χ0v) is 13.2. The van der Waals surface area contributed by atoms with Gasteiger partial charge in [-0.25, -0.2) is 4.98 Å². The molecular formula is C15H30N4. The fourth-order valence-corrected chi connectivity index (χ4v) is 2.20. The van der Waals surface area contributed by atoms with Crippen LogP contribution in [0.15, 0.2) is 6.20 Å². The number of aromatic nitrogens is 2. The Balaban J connectivity index is 2.87. The SMILES string of the molecule is CCCCn1cc(CC)nc1N(C)CC(C)(C)CN. The number of hydrogen-bond donors (Lipinski definition) is 1. The van der Waals surface area contributed by atoms with E-state index in [2.05, 4.69) is 50.4 Å². The van der Waals surface area contributed by atoms with Crippen LogP contribution in [0.1, 0.15) is 46.2 Å². The molecule has 0 aromatic carbocycles. The van der Waals surface area contributed by atoms with Crippen molar-refractivity contribution in [2.75, 3.05) is 25.0 Å². The van der Waals surface area contributed by atoms with Crippen LogP contribution in [0, 0.1) is 5.41 Å². The normalized spacial score (nSPS) is 11.9. The molecule has 0 fully saturated rings. The van der Waals surface area contributed by atoms with Gasteiger partial charge in [0.1, 0.15) is 0 Å². The summed E-state index contributed by atoms with van der Waals surface area (Å²) in [5.74, 6) is 1.08. The van der Waals surface area contributed by atoms with Crippen molar-refractivity contribution < 1.29 is 0 Å². The van der Waals surface area contributed by atoms with E-state index >= 15 is 0 Å². The van der Waals surface area contributed by atoms with E-state index in [1.54, 1.807) is 0 Å². The minimum Gasteiger partial charge on any atom is -0.345 e. The van der Waals surface area contributed by atoms with Gasteiger partial charge in [0.05, 0.1) is 5.69 Å². The number of rotatable bonds is 8. The van der Waals surface area contributed by atoms with Gasteiger partial charge in [0.2, 0.25) is 5.95 Å². The van der Waals surface area contributed by atoms with Crippen molar-refractivity contribution >= 4 is 5.95 Å². The zero-order valence-electron chi connectivity index (χ0n) is 13.2. The van der Waals surface area contributed by atoms with Crippen LogP contribution in [-0.4, -0.2) is 29.7 Å². The van der Waals surface area contributed by atoms with E-state index in [4.69, 9.17) is 10.7 Å². The maximum absolute atomic E-state index is 5.83. The van der Waals surface area contributed by atoms with Crippen molar-refractivity contribution in [2.24, 2.45) is 11.1 Å². The standard InChI is InChI=1S/C15H30N4/c1-6-8-9-19-10-13(7-2)17-14(19)18(5)12-15(3,4)11-16/h10H,6-9,11-12,16H2,1-5H3. The summed E-state index contributed by atoms with van der Waals surface area (Å²) in [6.07, 6.45) is 5.58. The molecule has 0 aliphatic carbocycles. The number of nitrogens with zero attached hydrogens (tertiary/aromatic N) is 3. The lowest BCUT2D eigenvalue weighted by Gasteiger charge is -2.30. The number of imidazole rings is 1. The number of anilines is 1. The van der Waals surface area contributed by atoms with Gasteiger partial charge in [-0.3, -0.25) is 0 Å². The van der Waals surface area contributed by atoms with Crippen LogP contribution in [0.3, 0.4) is 0 Å². The zero-order chi connectivity index (χ0) is 14.5.